The second-order valence-electron chi connectivity index (χ2n) is 4.17. The number of halogens is 1. The van der Waals surface area contributed by atoms with E-state index in [1.807, 2.05) is 14.0 Å². The van der Waals surface area contributed by atoms with Crippen molar-refractivity contribution >= 4 is 17.1 Å². The molecule has 0 spiro atoms. The van der Waals surface area contributed by atoms with Crippen molar-refractivity contribution in [1.29, 1.82) is 0 Å². The van der Waals surface area contributed by atoms with Crippen molar-refractivity contribution in [2.45, 2.75) is 6.92 Å². The van der Waals surface area contributed by atoms with E-state index in [4.69, 9.17) is 5.73 Å². The number of nitrogen functional groups attached to an aromatic ring is 1. The highest BCUT2D eigenvalue weighted by molar-refractivity contribution is 5.79. The number of fused-ring (bicyclic) bond motifs is 1. The molecule has 0 saturated carbocycles. The summed E-state index contributed by atoms with van der Waals surface area (Å²) in [6, 6.07) is 6.23. The summed E-state index contributed by atoms with van der Waals surface area (Å²) in [4.78, 5) is 4.27. The lowest BCUT2D eigenvalue weighted by Gasteiger charge is -2.06. The molecule has 0 radical (unpaired) electrons. The van der Waals surface area contributed by atoms with Gasteiger partial charge < -0.3 is 5.73 Å². The average molecular weight is 245 g/mol. The molecule has 0 unspecified atom stereocenters. The number of hydrogen-bond acceptors (Lipinski definition) is 3. The van der Waals surface area contributed by atoms with Gasteiger partial charge in [0.2, 0.25) is 5.95 Å². The van der Waals surface area contributed by atoms with Gasteiger partial charge >= 0.3 is 0 Å². The Kier molecular flexibility index (Phi) is 2.13. The topological polar surface area (TPSA) is 61.7 Å². The van der Waals surface area contributed by atoms with Crippen LogP contribution < -0.4 is 5.73 Å². The van der Waals surface area contributed by atoms with Crippen LogP contribution in [0.2, 0.25) is 0 Å². The van der Waals surface area contributed by atoms with Crippen LogP contribution in [-0.2, 0) is 7.05 Å². The Hall–Kier alpha value is -2.37. The Balaban J connectivity index is 2.38. The highest BCUT2D eigenvalue weighted by atomic mass is 19.1. The van der Waals surface area contributed by atoms with Crippen LogP contribution in [0.5, 0.6) is 0 Å². The zero-order valence-electron chi connectivity index (χ0n) is 10.1. The molecular weight excluding hydrogens is 233 g/mol. The van der Waals surface area contributed by atoms with Crippen molar-refractivity contribution < 1.29 is 4.39 Å². The number of nitrogens with zero attached hydrogens (tertiary/aromatic N) is 4. The summed E-state index contributed by atoms with van der Waals surface area (Å²) in [5.74, 6) is 0.0133. The van der Waals surface area contributed by atoms with Gasteiger partial charge in [-0.05, 0) is 25.1 Å². The Morgan fingerprint density at radius 1 is 1.33 bits per heavy atom. The largest absolute Gasteiger partial charge is 0.369 e. The van der Waals surface area contributed by atoms with Gasteiger partial charge in [-0.3, -0.25) is 4.57 Å². The molecule has 0 saturated heterocycles. The summed E-state index contributed by atoms with van der Waals surface area (Å²) in [6.07, 6.45) is 0. The SMILES string of the molecule is Cc1nn(C)c2c1nc(N)n2-c1cccc(F)c1. The number of aromatic nitrogens is 4. The first-order valence-corrected chi connectivity index (χ1v) is 5.51. The molecule has 0 amide bonds. The molecule has 0 atom stereocenters. The minimum absolute atomic E-state index is 0.312. The van der Waals surface area contributed by atoms with Gasteiger partial charge in [0.1, 0.15) is 11.3 Å². The molecule has 2 aromatic heterocycles. The zero-order chi connectivity index (χ0) is 12.9. The fourth-order valence-electron chi connectivity index (χ4n) is 2.16. The summed E-state index contributed by atoms with van der Waals surface area (Å²) < 4.78 is 16.7. The minimum Gasteiger partial charge on any atom is -0.369 e. The molecule has 0 fully saturated rings. The van der Waals surface area contributed by atoms with E-state index in [9.17, 15) is 4.39 Å². The molecule has 92 valence electrons. The van der Waals surface area contributed by atoms with Crippen LogP contribution in [0.3, 0.4) is 0 Å². The second-order valence-corrected chi connectivity index (χ2v) is 4.17. The summed E-state index contributed by atoms with van der Waals surface area (Å²) in [5.41, 5.74) is 8.84. The smallest absolute Gasteiger partial charge is 0.207 e. The first-order valence-electron chi connectivity index (χ1n) is 5.51. The van der Waals surface area contributed by atoms with E-state index in [0.29, 0.717) is 11.6 Å². The molecule has 5 nitrogen and oxygen atoms in total. The van der Waals surface area contributed by atoms with E-state index in [0.717, 1.165) is 16.9 Å². The van der Waals surface area contributed by atoms with Crippen LogP contribution in [0.1, 0.15) is 5.69 Å². The average Bonchev–Trinajstić information content (AvgIpc) is 2.78. The lowest BCUT2D eigenvalue weighted by atomic mass is 10.3. The van der Waals surface area contributed by atoms with Crippen molar-refractivity contribution in [2.24, 2.45) is 7.05 Å². The molecule has 0 aliphatic carbocycles. The van der Waals surface area contributed by atoms with E-state index in [1.54, 1.807) is 21.4 Å². The number of rotatable bonds is 1. The molecule has 0 aliphatic rings. The maximum Gasteiger partial charge on any atom is 0.207 e. The van der Waals surface area contributed by atoms with Gasteiger partial charge in [0.05, 0.1) is 11.4 Å². The van der Waals surface area contributed by atoms with Crippen LogP contribution in [-0.4, -0.2) is 19.3 Å². The number of benzene rings is 1. The van der Waals surface area contributed by atoms with E-state index >= 15 is 0 Å². The lowest BCUT2D eigenvalue weighted by Crippen LogP contribution is -2.05. The normalized spacial score (nSPS) is 11.3. The van der Waals surface area contributed by atoms with Gasteiger partial charge in [-0.25, -0.2) is 14.1 Å². The van der Waals surface area contributed by atoms with Crippen LogP contribution in [0.25, 0.3) is 16.9 Å². The lowest BCUT2D eigenvalue weighted by molar-refractivity contribution is 0.626. The van der Waals surface area contributed by atoms with Crippen LogP contribution >= 0.6 is 0 Å². The quantitative estimate of drug-likeness (QED) is 0.711. The molecule has 2 N–H and O–H groups in total. The molecule has 18 heavy (non-hydrogen) atoms. The van der Waals surface area contributed by atoms with Crippen molar-refractivity contribution in [3.8, 4) is 5.69 Å². The summed E-state index contributed by atoms with van der Waals surface area (Å²) in [5, 5.41) is 4.28. The third-order valence-electron chi connectivity index (χ3n) is 2.89. The number of aryl methyl sites for hydroxylation is 2. The molecule has 2 heterocycles. The molecule has 0 bridgehead atoms. The Morgan fingerprint density at radius 3 is 2.83 bits per heavy atom. The Morgan fingerprint density at radius 2 is 2.11 bits per heavy atom. The number of anilines is 1. The van der Waals surface area contributed by atoms with E-state index in [2.05, 4.69) is 10.1 Å². The fourth-order valence-corrected chi connectivity index (χ4v) is 2.16. The monoisotopic (exact) mass is 245 g/mol. The molecule has 1 aromatic carbocycles. The molecular formula is C12H12FN5. The minimum atomic E-state index is -0.312. The van der Waals surface area contributed by atoms with E-state index in [-0.39, 0.29) is 5.82 Å². The van der Waals surface area contributed by atoms with Crippen molar-refractivity contribution in [1.82, 2.24) is 19.3 Å². The predicted molar refractivity (Wildman–Crippen MR) is 66.9 cm³/mol. The van der Waals surface area contributed by atoms with Gasteiger partial charge in [-0.1, -0.05) is 6.07 Å². The van der Waals surface area contributed by atoms with Crippen LogP contribution in [0, 0.1) is 12.7 Å². The Bertz CT molecular complexity index is 740. The van der Waals surface area contributed by atoms with Crippen LogP contribution in [0.4, 0.5) is 10.3 Å². The molecule has 6 heteroatoms. The van der Waals surface area contributed by atoms with E-state index < -0.39 is 0 Å². The van der Waals surface area contributed by atoms with Crippen molar-refractivity contribution in [2.75, 3.05) is 5.73 Å². The molecule has 3 aromatic rings. The standard InChI is InChI=1S/C12H12FN5/c1-7-10-11(17(2)16-7)18(12(14)15-10)9-5-3-4-8(13)6-9/h3-6H,1-2H3,(H2,14,15). The zero-order valence-corrected chi connectivity index (χ0v) is 10.1. The van der Waals surface area contributed by atoms with Gasteiger partial charge in [0, 0.05) is 7.05 Å². The number of imidazole rings is 1. The molecule has 0 aliphatic heterocycles. The highest BCUT2D eigenvalue weighted by Gasteiger charge is 2.16. The fraction of sp³-hybridized carbons (Fsp3) is 0.167. The summed E-state index contributed by atoms with van der Waals surface area (Å²) in [6.45, 7) is 1.87. The summed E-state index contributed by atoms with van der Waals surface area (Å²) >= 11 is 0. The maximum absolute atomic E-state index is 13.3. The third kappa shape index (κ3) is 1.38. The molecule has 3 rings (SSSR count). The maximum atomic E-state index is 13.3. The number of hydrogen-bond donors (Lipinski definition) is 1. The van der Waals surface area contributed by atoms with Gasteiger partial charge in [-0.15, -0.1) is 0 Å². The first kappa shape index (κ1) is 10.8. The highest BCUT2D eigenvalue weighted by Crippen LogP contribution is 2.24. The van der Waals surface area contributed by atoms with Crippen molar-refractivity contribution in [3.05, 3.63) is 35.8 Å². The Labute approximate surface area is 103 Å². The van der Waals surface area contributed by atoms with Gasteiger partial charge in [0.15, 0.2) is 5.65 Å². The van der Waals surface area contributed by atoms with Crippen LogP contribution in [0.15, 0.2) is 24.3 Å². The predicted octanol–water partition coefficient (Wildman–Crippen LogP) is 1.79. The first-order chi connectivity index (χ1) is 8.58. The van der Waals surface area contributed by atoms with E-state index in [1.165, 1.54) is 12.1 Å². The van der Waals surface area contributed by atoms with Crippen molar-refractivity contribution in [3.63, 3.8) is 0 Å². The van der Waals surface area contributed by atoms with Gasteiger partial charge in [0.25, 0.3) is 0 Å². The van der Waals surface area contributed by atoms with Gasteiger partial charge in [-0.2, -0.15) is 5.10 Å². The number of nitrogens with two attached hydrogens (primary N) is 1. The summed E-state index contributed by atoms with van der Waals surface area (Å²) in [7, 11) is 1.81. The second kappa shape index (κ2) is 3.56. The third-order valence-corrected chi connectivity index (χ3v) is 2.89.